The monoisotopic (exact) mass is 340 g/mol. The number of nitrogens with one attached hydrogen (secondary N) is 1. The van der Waals surface area contributed by atoms with Crippen LogP contribution in [-0.2, 0) is 24.7 Å². The molecule has 1 aliphatic rings. The summed E-state index contributed by atoms with van der Waals surface area (Å²) in [5.41, 5.74) is -0.607. The molecule has 1 rings (SSSR count). The van der Waals surface area contributed by atoms with Gasteiger partial charge < -0.3 is 5.32 Å². The van der Waals surface area contributed by atoms with Gasteiger partial charge in [0, 0.05) is 24.5 Å². The molecule has 1 fully saturated rings. The number of hydrogen-bond acceptors (Lipinski definition) is 5. The van der Waals surface area contributed by atoms with Crippen LogP contribution in [0.2, 0.25) is 0 Å². The van der Waals surface area contributed by atoms with Gasteiger partial charge in [-0.1, -0.05) is 0 Å². The van der Waals surface area contributed by atoms with Crippen LogP contribution in [0.1, 0.15) is 33.6 Å². The standard InChI is InChI=1S/C12H24N2O5S2/c1-12(2,3)14(20(4,16)17)7-5-11(15)13-10-6-8-21(18,19)9-10/h10H,5-9H2,1-4H3,(H,13,15). The molecule has 0 aromatic rings. The number of sulfone groups is 1. The second kappa shape index (κ2) is 6.21. The fourth-order valence-electron chi connectivity index (χ4n) is 2.41. The first kappa shape index (κ1) is 18.4. The number of nitrogens with zero attached hydrogens (tertiary/aromatic N) is 1. The van der Waals surface area contributed by atoms with Crippen molar-refractivity contribution in [2.24, 2.45) is 0 Å². The predicted octanol–water partition coefficient (Wildman–Crippen LogP) is -0.260. The Morgan fingerprint density at radius 1 is 1.33 bits per heavy atom. The van der Waals surface area contributed by atoms with E-state index in [9.17, 15) is 21.6 Å². The van der Waals surface area contributed by atoms with Gasteiger partial charge in [0.05, 0.1) is 17.8 Å². The van der Waals surface area contributed by atoms with E-state index in [0.717, 1.165) is 6.26 Å². The van der Waals surface area contributed by atoms with Crippen LogP contribution in [0, 0.1) is 0 Å². The number of amides is 1. The molecule has 1 saturated heterocycles. The molecule has 1 unspecified atom stereocenters. The maximum atomic E-state index is 11.8. The zero-order valence-electron chi connectivity index (χ0n) is 12.9. The molecule has 9 heteroatoms. The van der Waals surface area contributed by atoms with E-state index in [0.29, 0.717) is 6.42 Å². The Balaban J connectivity index is 2.56. The Morgan fingerprint density at radius 2 is 1.90 bits per heavy atom. The molecule has 7 nitrogen and oxygen atoms in total. The largest absolute Gasteiger partial charge is 0.352 e. The Bertz CT molecular complexity index is 590. The molecular weight excluding hydrogens is 316 g/mol. The fraction of sp³-hybridized carbons (Fsp3) is 0.917. The molecule has 1 aliphatic heterocycles. The van der Waals surface area contributed by atoms with Crippen molar-refractivity contribution in [1.82, 2.24) is 9.62 Å². The number of carbonyl (C=O) groups is 1. The van der Waals surface area contributed by atoms with Crippen LogP contribution in [0.3, 0.4) is 0 Å². The summed E-state index contributed by atoms with van der Waals surface area (Å²) in [5, 5.41) is 2.65. The van der Waals surface area contributed by atoms with E-state index in [1.54, 1.807) is 20.8 Å². The first-order chi connectivity index (χ1) is 9.31. The van der Waals surface area contributed by atoms with E-state index in [1.165, 1.54) is 4.31 Å². The summed E-state index contributed by atoms with van der Waals surface area (Å²) in [5.74, 6) is -0.265. The molecule has 0 bridgehead atoms. The fourth-order valence-corrected chi connectivity index (χ4v) is 5.50. The maximum Gasteiger partial charge on any atom is 0.221 e. The van der Waals surface area contributed by atoms with Crippen LogP contribution >= 0.6 is 0 Å². The molecular formula is C12H24N2O5S2. The Labute approximate surface area is 127 Å². The maximum absolute atomic E-state index is 11.8. The first-order valence-electron chi connectivity index (χ1n) is 6.79. The van der Waals surface area contributed by atoms with Crippen LogP contribution in [0.4, 0.5) is 0 Å². The van der Waals surface area contributed by atoms with Crippen LogP contribution < -0.4 is 5.32 Å². The zero-order valence-corrected chi connectivity index (χ0v) is 14.6. The molecule has 0 spiro atoms. The lowest BCUT2D eigenvalue weighted by Crippen LogP contribution is -2.47. The highest BCUT2D eigenvalue weighted by Crippen LogP contribution is 2.17. The molecule has 0 aliphatic carbocycles. The van der Waals surface area contributed by atoms with Gasteiger partial charge in [-0.15, -0.1) is 0 Å². The average molecular weight is 340 g/mol. The topological polar surface area (TPSA) is 101 Å². The predicted molar refractivity (Wildman–Crippen MR) is 81.1 cm³/mol. The van der Waals surface area contributed by atoms with E-state index in [4.69, 9.17) is 0 Å². The van der Waals surface area contributed by atoms with E-state index in [1.807, 2.05) is 0 Å². The third kappa shape index (κ3) is 5.91. The molecule has 21 heavy (non-hydrogen) atoms. The SMILES string of the molecule is CC(C)(C)N(CCC(=O)NC1CCS(=O)(=O)C1)S(C)(=O)=O. The normalized spacial score (nSPS) is 22.4. The Morgan fingerprint density at radius 3 is 2.29 bits per heavy atom. The van der Waals surface area contributed by atoms with Gasteiger partial charge in [-0.3, -0.25) is 4.79 Å². The summed E-state index contributed by atoms with van der Waals surface area (Å²) in [6.07, 6.45) is 1.55. The molecule has 1 heterocycles. The number of carbonyl (C=O) groups excluding carboxylic acids is 1. The van der Waals surface area contributed by atoms with Crippen molar-refractivity contribution in [3.05, 3.63) is 0 Å². The van der Waals surface area contributed by atoms with Gasteiger partial charge >= 0.3 is 0 Å². The van der Waals surface area contributed by atoms with Crippen molar-refractivity contribution in [3.63, 3.8) is 0 Å². The van der Waals surface area contributed by atoms with Crippen molar-refractivity contribution < 1.29 is 21.6 Å². The van der Waals surface area contributed by atoms with Gasteiger partial charge in [-0.05, 0) is 27.2 Å². The second-order valence-corrected chi connectivity index (χ2v) is 10.6. The number of hydrogen-bond donors (Lipinski definition) is 1. The van der Waals surface area contributed by atoms with Crippen LogP contribution in [-0.4, -0.2) is 62.9 Å². The minimum Gasteiger partial charge on any atom is -0.352 e. The van der Waals surface area contributed by atoms with Crippen molar-refractivity contribution >= 4 is 25.8 Å². The van der Waals surface area contributed by atoms with Crippen LogP contribution in [0.15, 0.2) is 0 Å². The lowest BCUT2D eigenvalue weighted by Gasteiger charge is -2.33. The average Bonchev–Trinajstić information content (AvgIpc) is 2.53. The number of rotatable bonds is 5. The summed E-state index contributed by atoms with van der Waals surface area (Å²) in [6.45, 7) is 5.36. The second-order valence-electron chi connectivity index (χ2n) is 6.42. The molecule has 1 N–H and O–H groups in total. The van der Waals surface area contributed by atoms with Gasteiger partial charge in [0.15, 0.2) is 9.84 Å². The molecule has 0 aromatic carbocycles. The molecule has 0 saturated carbocycles. The molecule has 0 radical (unpaired) electrons. The van der Waals surface area contributed by atoms with Gasteiger partial charge in [0.25, 0.3) is 0 Å². The van der Waals surface area contributed by atoms with Crippen molar-refractivity contribution in [3.8, 4) is 0 Å². The summed E-state index contributed by atoms with van der Waals surface area (Å²) >= 11 is 0. The summed E-state index contributed by atoms with van der Waals surface area (Å²) in [6, 6.07) is -0.358. The van der Waals surface area contributed by atoms with E-state index >= 15 is 0 Å². The highest BCUT2D eigenvalue weighted by Gasteiger charge is 2.31. The van der Waals surface area contributed by atoms with Gasteiger partial charge in [-0.25, -0.2) is 16.8 Å². The number of sulfonamides is 1. The summed E-state index contributed by atoms with van der Waals surface area (Å²) < 4.78 is 47.4. The van der Waals surface area contributed by atoms with E-state index in [-0.39, 0.29) is 36.4 Å². The van der Waals surface area contributed by atoms with Gasteiger partial charge in [-0.2, -0.15) is 4.31 Å². The highest BCUT2D eigenvalue weighted by atomic mass is 32.2. The summed E-state index contributed by atoms with van der Waals surface area (Å²) in [4.78, 5) is 11.8. The van der Waals surface area contributed by atoms with Crippen molar-refractivity contribution in [2.75, 3.05) is 24.3 Å². The lowest BCUT2D eigenvalue weighted by molar-refractivity contribution is -0.121. The zero-order chi connectivity index (χ0) is 16.5. The smallest absolute Gasteiger partial charge is 0.221 e. The van der Waals surface area contributed by atoms with Gasteiger partial charge in [0.2, 0.25) is 15.9 Å². The van der Waals surface area contributed by atoms with Crippen LogP contribution in [0.5, 0.6) is 0 Å². The van der Waals surface area contributed by atoms with Gasteiger partial charge in [0.1, 0.15) is 0 Å². The van der Waals surface area contributed by atoms with Crippen LogP contribution in [0.25, 0.3) is 0 Å². The molecule has 1 amide bonds. The minimum absolute atomic E-state index is 0.0148. The summed E-state index contributed by atoms with van der Waals surface area (Å²) in [7, 11) is -6.45. The lowest BCUT2D eigenvalue weighted by atomic mass is 10.1. The highest BCUT2D eigenvalue weighted by molar-refractivity contribution is 7.91. The first-order valence-corrected chi connectivity index (χ1v) is 10.5. The molecule has 124 valence electrons. The molecule has 1 atom stereocenters. The third-order valence-corrected chi connectivity index (χ3v) is 6.59. The quantitative estimate of drug-likeness (QED) is 0.743. The van der Waals surface area contributed by atoms with E-state index < -0.39 is 25.4 Å². The van der Waals surface area contributed by atoms with E-state index in [2.05, 4.69) is 5.32 Å². The minimum atomic E-state index is -3.41. The third-order valence-electron chi connectivity index (χ3n) is 3.29. The Kier molecular flexibility index (Phi) is 5.44. The van der Waals surface area contributed by atoms with Crippen molar-refractivity contribution in [1.29, 1.82) is 0 Å². The molecule has 0 aromatic heterocycles. The Hall–Kier alpha value is -0.670. The van der Waals surface area contributed by atoms with Crippen molar-refractivity contribution in [2.45, 2.75) is 45.2 Å².